The van der Waals surface area contributed by atoms with Gasteiger partial charge in [0.1, 0.15) is 5.75 Å². The summed E-state index contributed by atoms with van der Waals surface area (Å²) >= 11 is 0. The van der Waals surface area contributed by atoms with Crippen LogP contribution >= 0.6 is 0 Å². The van der Waals surface area contributed by atoms with Crippen LogP contribution in [0.2, 0.25) is 0 Å². The summed E-state index contributed by atoms with van der Waals surface area (Å²) in [6, 6.07) is 3.53. The Morgan fingerprint density at radius 3 is 2.36 bits per heavy atom. The number of nitrogen functional groups attached to an aromatic ring is 2. The van der Waals surface area contributed by atoms with E-state index in [-0.39, 0.29) is 0 Å². The van der Waals surface area contributed by atoms with Gasteiger partial charge >= 0.3 is 0 Å². The molecule has 4 N–H and O–H groups in total. The standard InChI is InChI=1S/C8H12N2O/c1-5-3-8(11-2)7(10)4-6(5)9/h3-4H,9-10H2,1-2H3. The topological polar surface area (TPSA) is 61.3 Å². The molecule has 11 heavy (non-hydrogen) atoms. The van der Waals surface area contributed by atoms with Gasteiger partial charge in [-0.25, -0.2) is 0 Å². The molecule has 0 aliphatic heterocycles. The van der Waals surface area contributed by atoms with E-state index >= 15 is 0 Å². The van der Waals surface area contributed by atoms with E-state index in [2.05, 4.69) is 0 Å². The van der Waals surface area contributed by atoms with Crippen LogP contribution in [0.5, 0.6) is 5.75 Å². The van der Waals surface area contributed by atoms with Gasteiger partial charge in [0.25, 0.3) is 0 Å². The molecule has 0 atom stereocenters. The third-order valence-electron chi connectivity index (χ3n) is 1.62. The van der Waals surface area contributed by atoms with Gasteiger partial charge in [-0.2, -0.15) is 0 Å². The molecule has 0 radical (unpaired) electrons. The minimum absolute atomic E-state index is 0.579. The molecule has 0 heterocycles. The molecule has 1 aromatic rings. The van der Waals surface area contributed by atoms with Crippen LogP contribution in [0.4, 0.5) is 11.4 Å². The monoisotopic (exact) mass is 152 g/mol. The third-order valence-corrected chi connectivity index (χ3v) is 1.62. The van der Waals surface area contributed by atoms with Crippen LogP contribution in [0.15, 0.2) is 12.1 Å². The molecule has 0 aromatic heterocycles. The molecule has 0 saturated carbocycles. The Kier molecular flexibility index (Phi) is 1.89. The molecule has 0 bridgehead atoms. The van der Waals surface area contributed by atoms with E-state index in [4.69, 9.17) is 16.2 Å². The van der Waals surface area contributed by atoms with Crippen molar-refractivity contribution in [1.82, 2.24) is 0 Å². The highest BCUT2D eigenvalue weighted by Crippen LogP contribution is 2.26. The highest BCUT2D eigenvalue weighted by molar-refractivity contribution is 5.64. The fraction of sp³-hybridized carbons (Fsp3) is 0.250. The summed E-state index contributed by atoms with van der Waals surface area (Å²) in [6.07, 6.45) is 0. The molecule has 3 heteroatoms. The van der Waals surface area contributed by atoms with Crippen LogP contribution < -0.4 is 16.2 Å². The zero-order valence-electron chi connectivity index (χ0n) is 6.72. The Bertz CT molecular complexity index is 271. The number of hydrogen-bond donors (Lipinski definition) is 2. The normalized spacial score (nSPS) is 9.64. The van der Waals surface area contributed by atoms with Gasteiger partial charge in [0, 0.05) is 5.69 Å². The third kappa shape index (κ3) is 1.37. The summed E-state index contributed by atoms with van der Waals surface area (Å²) < 4.78 is 5.00. The number of rotatable bonds is 1. The van der Waals surface area contributed by atoms with Gasteiger partial charge in [-0.3, -0.25) is 0 Å². The Morgan fingerprint density at radius 2 is 1.82 bits per heavy atom. The van der Waals surface area contributed by atoms with Gasteiger partial charge in [-0.05, 0) is 24.6 Å². The lowest BCUT2D eigenvalue weighted by Gasteiger charge is -2.06. The Hall–Kier alpha value is -1.38. The molecule has 1 rings (SSSR count). The van der Waals surface area contributed by atoms with Crippen molar-refractivity contribution in [3.05, 3.63) is 17.7 Å². The van der Waals surface area contributed by atoms with E-state index in [1.165, 1.54) is 0 Å². The second kappa shape index (κ2) is 2.70. The Morgan fingerprint density at radius 1 is 1.18 bits per heavy atom. The molecule has 1 aromatic carbocycles. The van der Waals surface area contributed by atoms with Crippen molar-refractivity contribution in [3.63, 3.8) is 0 Å². The number of nitrogens with two attached hydrogens (primary N) is 2. The molecule has 0 saturated heterocycles. The second-order valence-electron chi connectivity index (χ2n) is 2.45. The van der Waals surface area contributed by atoms with Gasteiger partial charge in [-0.15, -0.1) is 0 Å². The summed E-state index contributed by atoms with van der Waals surface area (Å²) in [5.41, 5.74) is 13.5. The predicted octanol–water partition coefficient (Wildman–Crippen LogP) is 1.17. The maximum absolute atomic E-state index is 5.61. The van der Waals surface area contributed by atoms with E-state index in [0.29, 0.717) is 17.1 Å². The summed E-state index contributed by atoms with van der Waals surface area (Å²) in [4.78, 5) is 0. The van der Waals surface area contributed by atoms with E-state index in [1.807, 2.05) is 13.0 Å². The van der Waals surface area contributed by atoms with E-state index in [1.54, 1.807) is 13.2 Å². The maximum atomic E-state index is 5.61. The SMILES string of the molecule is COc1cc(C)c(N)cc1N. The molecular weight excluding hydrogens is 140 g/mol. The number of benzene rings is 1. The summed E-state index contributed by atoms with van der Waals surface area (Å²) in [5.74, 6) is 0.678. The number of anilines is 2. The van der Waals surface area contributed by atoms with Crippen LogP contribution in [0.25, 0.3) is 0 Å². The van der Waals surface area contributed by atoms with Crippen molar-refractivity contribution >= 4 is 11.4 Å². The first-order valence-electron chi connectivity index (χ1n) is 3.34. The molecule has 3 nitrogen and oxygen atoms in total. The van der Waals surface area contributed by atoms with Crippen molar-refractivity contribution in [2.24, 2.45) is 0 Å². The number of aryl methyl sites for hydroxylation is 1. The molecule has 0 amide bonds. The van der Waals surface area contributed by atoms with Gasteiger partial charge in [0.05, 0.1) is 12.8 Å². The summed E-state index contributed by atoms with van der Waals surface area (Å²) in [6.45, 7) is 1.91. The number of methoxy groups -OCH3 is 1. The molecule has 0 unspecified atom stereocenters. The number of ether oxygens (including phenoxy) is 1. The number of hydrogen-bond acceptors (Lipinski definition) is 3. The lowest BCUT2D eigenvalue weighted by Crippen LogP contribution is -1.96. The molecular formula is C8H12N2O. The largest absolute Gasteiger partial charge is 0.495 e. The predicted molar refractivity (Wildman–Crippen MR) is 46.6 cm³/mol. The Labute approximate surface area is 66.0 Å². The van der Waals surface area contributed by atoms with Crippen molar-refractivity contribution in [3.8, 4) is 5.75 Å². The van der Waals surface area contributed by atoms with Gasteiger partial charge < -0.3 is 16.2 Å². The fourth-order valence-electron chi connectivity index (χ4n) is 0.893. The molecule has 0 fully saturated rings. The lowest BCUT2D eigenvalue weighted by atomic mass is 10.2. The van der Waals surface area contributed by atoms with Crippen LogP contribution in [-0.2, 0) is 0 Å². The summed E-state index contributed by atoms with van der Waals surface area (Å²) in [5, 5.41) is 0. The van der Waals surface area contributed by atoms with Gasteiger partial charge in [0.2, 0.25) is 0 Å². The van der Waals surface area contributed by atoms with Gasteiger partial charge in [-0.1, -0.05) is 0 Å². The zero-order valence-corrected chi connectivity index (χ0v) is 6.72. The summed E-state index contributed by atoms with van der Waals surface area (Å²) in [7, 11) is 1.58. The van der Waals surface area contributed by atoms with Crippen LogP contribution in [0.3, 0.4) is 0 Å². The minimum Gasteiger partial charge on any atom is -0.495 e. The molecule has 60 valence electrons. The van der Waals surface area contributed by atoms with E-state index in [9.17, 15) is 0 Å². The zero-order chi connectivity index (χ0) is 8.43. The second-order valence-corrected chi connectivity index (χ2v) is 2.45. The molecule has 0 aliphatic carbocycles. The van der Waals surface area contributed by atoms with Crippen molar-refractivity contribution in [2.75, 3.05) is 18.6 Å². The van der Waals surface area contributed by atoms with Crippen molar-refractivity contribution in [1.29, 1.82) is 0 Å². The van der Waals surface area contributed by atoms with Gasteiger partial charge in [0.15, 0.2) is 0 Å². The average Bonchev–Trinajstić information content (AvgIpc) is 1.97. The first-order valence-corrected chi connectivity index (χ1v) is 3.34. The van der Waals surface area contributed by atoms with E-state index < -0.39 is 0 Å². The Balaban J connectivity index is 3.21. The highest BCUT2D eigenvalue weighted by Gasteiger charge is 2.01. The molecule has 0 aliphatic rings. The highest BCUT2D eigenvalue weighted by atomic mass is 16.5. The fourth-order valence-corrected chi connectivity index (χ4v) is 0.893. The smallest absolute Gasteiger partial charge is 0.142 e. The van der Waals surface area contributed by atoms with Crippen LogP contribution in [0, 0.1) is 6.92 Å². The van der Waals surface area contributed by atoms with Crippen LogP contribution in [0.1, 0.15) is 5.56 Å². The average molecular weight is 152 g/mol. The van der Waals surface area contributed by atoms with Crippen molar-refractivity contribution < 1.29 is 4.74 Å². The molecule has 0 spiro atoms. The van der Waals surface area contributed by atoms with E-state index in [0.717, 1.165) is 5.56 Å². The van der Waals surface area contributed by atoms with Crippen LogP contribution in [-0.4, -0.2) is 7.11 Å². The quantitative estimate of drug-likeness (QED) is 0.594. The first kappa shape index (κ1) is 7.72. The maximum Gasteiger partial charge on any atom is 0.142 e. The van der Waals surface area contributed by atoms with Crippen molar-refractivity contribution in [2.45, 2.75) is 6.92 Å². The minimum atomic E-state index is 0.579. The lowest BCUT2D eigenvalue weighted by molar-refractivity contribution is 0.417. The first-order chi connectivity index (χ1) is 5.15.